The molecule has 3 rings (SSSR count). The van der Waals surface area contributed by atoms with Crippen LogP contribution in [0.4, 0.5) is 0 Å². The van der Waals surface area contributed by atoms with Gasteiger partial charge in [0, 0.05) is 17.8 Å². The number of nitrogens with zero attached hydrogens (tertiary/aromatic N) is 3. The van der Waals surface area contributed by atoms with Gasteiger partial charge in [-0.3, -0.25) is 0 Å². The summed E-state index contributed by atoms with van der Waals surface area (Å²) < 4.78 is 4.92. The highest BCUT2D eigenvalue weighted by atomic mass is 16.5. The number of nitrogens with one attached hydrogen (secondary N) is 1. The molecule has 0 atom stereocenters. The molecule has 0 aliphatic carbocycles. The molecule has 0 aliphatic heterocycles. The molecule has 0 saturated heterocycles. The summed E-state index contributed by atoms with van der Waals surface area (Å²) in [6.45, 7) is 1.71. The van der Waals surface area contributed by atoms with Crippen LogP contribution < -0.4 is 0 Å². The second-order valence-electron chi connectivity index (χ2n) is 3.67. The Kier molecular flexibility index (Phi) is 1.95. The molecule has 1 N–H and O–H groups in total. The summed E-state index contributed by atoms with van der Waals surface area (Å²) in [7, 11) is 0. The number of fused-ring (bicyclic) bond motifs is 1. The average molecular weight is 224 g/mol. The van der Waals surface area contributed by atoms with Gasteiger partial charge in [0.05, 0.1) is 5.56 Å². The molecule has 0 bridgehead atoms. The molecule has 5 heteroatoms. The van der Waals surface area contributed by atoms with E-state index in [0.717, 1.165) is 10.9 Å². The topological polar surface area (TPSA) is 78.5 Å². The lowest BCUT2D eigenvalue weighted by Gasteiger charge is -1.88. The first-order valence-electron chi connectivity index (χ1n) is 5.11. The average Bonchev–Trinajstić information content (AvgIpc) is 2.91. The molecule has 1 aromatic carbocycles. The number of aryl methyl sites for hydroxylation is 1. The van der Waals surface area contributed by atoms with Crippen LogP contribution in [0.1, 0.15) is 11.5 Å². The van der Waals surface area contributed by atoms with Crippen molar-refractivity contribution in [2.45, 2.75) is 6.92 Å². The lowest BCUT2D eigenvalue weighted by atomic mass is 10.1. The maximum atomic E-state index is 9.22. The Morgan fingerprint density at radius 3 is 2.88 bits per heavy atom. The van der Waals surface area contributed by atoms with Crippen LogP contribution in [0.3, 0.4) is 0 Å². The highest BCUT2D eigenvalue weighted by Crippen LogP contribution is 2.27. The number of para-hydroxylation sites is 1. The van der Waals surface area contributed by atoms with Crippen LogP contribution in [0.2, 0.25) is 0 Å². The minimum Gasteiger partial charge on any atom is -0.351 e. The van der Waals surface area contributed by atoms with Gasteiger partial charge in [-0.2, -0.15) is 10.2 Å². The fourth-order valence-corrected chi connectivity index (χ4v) is 1.83. The molecule has 0 aliphatic rings. The number of hydrogen-bond donors (Lipinski definition) is 1. The number of benzene rings is 1. The molecule has 0 spiro atoms. The van der Waals surface area contributed by atoms with Gasteiger partial charge >= 0.3 is 0 Å². The first-order chi connectivity index (χ1) is 8.29. The Balaban J connectivity index is 2.34. The SMILES string of the molecule is Cc1nc(-c2[nH]c3ccccc3c2C#N)no1. The Morgan fingerprint density at radius 1 is 1.35 bits per heavy atom. The predicted octanol–water partition coefficient (Wildman–Crippen LogP) is 2.40. The minimum atomic E-state index is 0.412. The summed E-state index contributed by atoms with van der Waals surface area (Å²) in [4.78, 5) is 7.26. The van der Waals surface area contributed by atoms with Gasteiger partial charge in [-0.1, -0.05) is 23.4 Å². The molecular weight excluding hydrogens is 216 g/mol. The second-order valence-corrected chi connectivity index (χ2v) is 3.67. The third-order valence-electron chi connectivity index (χ3n) is 2.57. The number of H-pyrrole nitrogens is 1. The molecule has 5 nitrogen and oxygen atoms in total. The van der Waals surface area contributed by atoms with Gasteiger partial charge < -0.3 is 9.51 Å². The van der Waals surface area contributed by atoms with E-state index in [9.17, 15) is 5.26 Å². The Hall–Kier alpha value is -2.61. The third kappa shape index (κ3) is 1.39. The van der Waals surface area contributed by atoms with E-state index in [2.05, 4.69) is 21.2 Å². The van der Waals surface area contributed by atoms with Crippen molar-refractivity contribution in [3.8, 4) is 17.6 Å². The molecule has 82 valence electrons. The van der Waals surface area contributed by atoms with E-state index in [1.807, 2.05) is 24.3 Å². The largest absolute Gasteiger partial charge is 0.351 e. The quantitative estimate of drug-likeness (QED) is 0.688. The first kappa shape index (κ1) is 9.60. The smallest absolute Gasteiger partial charge is 0.223 e. The van der Waals surface area contributed by atoms with E-state index in [1.165, 1.54) is 0 Å². The van der Waals surface area contributed by atoms with Gasteiger partial charge in [-0.25, -0.2) is 0 Å². The van der Waals surface area contributed by atoms with Crippen molar-refractivity contribution in [1.82, 2.24) is 15.1 Å². The van der Waals surface area contributed by atoms with Crippen LogP contribution in [0.25, 0.3) is 22.4 Å². The van der Waals surface area contributed by atoms with Gasteiger partial charge in [0.25, 0.3) is 0 Å². The van der Waals surface area contributed by atoms with Gasteiger partial charge in [-0.05, 0) is 6.07 Å². The summed E-state index contributed by atoms with van der Waals surface area (Å²) in [5.41, 5.74) is 2.04. The zero-order valence-electron chi connectivity index (χ0n) is 9.06. The van der Waals surface area contributed by atoms with Crippen LogP contribution in [0.5, 0.6) is 0 Å². The Morgan fingerprint density at radius 2 is 2.18 bits per heavy atom. The molecule has 0 fully saturated rings. The van der Waals surface area contributed by atoms with Crippen molar-refractivity contribution in [3.05, 3.63) is 35.7 Å². The molecule has 17 heavy (non-hydrogen) atoms. The van der Waals surface area contributed by atoms with Crippen molar-refractivity contribution >= 4 is 10.9 Å². The maximum Gasteiger partial charge on any atom is 0.223 e. The van der Waals surface area contributed by atoms with E-state index >= 15 is 0 Å². The molecule has 2 aromatic heterocycles. The monoisotopic (exact) mass is 224 g/mol. The molecular formula is C12H8N4O. The number of aromatic amines is 1. The van der Waals surface area contributed by atoms with E-state index in [1.54, 1.807) is 6.92 Å². The van der Waals surface area contributed by atoms with Crippen LogP contribution in [0.15, 0.2) is 28.8 Å². The van der Waals surface area contributed by atoms with Crippen molar-refractivity contribution < 1.29 is 4.52 Å². The highest BCUT2D eigenvalue weighted by molar-refractivity contribution is 5.92. The second kappa shape index (κ2) is 3.46. The lowest BCUT2D eigenvalue weighted by Crippen LogP contribution is -1.84. The number of nitriles is 1. The minimum absolute atomic E-state index is 0.412. The van der Waals surface area contributed by atoms with Crippen molar-refractivity contribution in [2.75, 3.05) is 0 Å². The van der Waals surface area contributed by atoms with Crippen LogP contribution in [-0.4, -0.2) is 15.1 Å². The molecule has 3 aromatic rings. The summed E-state index contributed by atoms with van der Waals surface area (Å²) in [6.07, 6.45) is 0. The zero-order chi connectivity index (χ0) is 11.8. The van der Waals surface area contributed by atoms with E-state index in [-0.39, 0.29) is 0 Å². The van der Waals surface area contributed by atoms with Crippen molar-refractivity contribution in [2.24, 2.45) is 0 Å². The normalized spacial score (nSPS) is 10.6. The predicted molar refractivity (Wildman–Crippen MR) is 61.0 cm³/mol. The lowest BCUT2D eigenvalue weighted by molar-refractivity contribution is 0.394. The van der Waals surface area contributed by atoms with Gasteiger partial charge in [0.2, 0.25) is 11.7 Å². The highest BCUT2D eigenvalue weighted by Gasteiger charge is 2.16. The van der Waals surface area contributed by atoms with Gasteiger partial charge in [0.15, 0.2) is 0 Å². The van der Waals surface area contributed by atoms with E-state index < -0.39 is 0 Å². The van der Waals surface area contributed by atoms with E-state index in [4.69, 9.17) is 4.52 Å². The van der Waals surface area contributed by atoms with E-state index in [0.29, 0.717) is 23.0 Å². The summed E-state index contributed by atoms with van der Waals surface area (Å²) in [5, 5.41) is 13.9. The Labute approximate surface area is 96.7 Å². The fraction of sp³-hybridized carbons (Fsp3) is 0.0833. The van der Waals surface area contributed by atoms with Gasteiger partial charge in [-0.15, -0.1) is 0 Å². The van der Waals surface area contributed by atoms with Crippen molar-refractivity contribution in [3.63, 3.8) is 0 Å². The van der Waals surface area contributed by atoms with Crippen LogP contribution in [0, 0.1) is 18.3 Å². The third-order valence-corrected chi connectivity index (χ3v) is 2.57. The Bertz CT molecular complexity index is 732. The first-order valence-corrected chi connectivity index (χ1v) is 5.11. The van der Waals surface area contributed by atoms with Crippen LogP contribution >= 0.6 is 0 Å². The van der Waals surface area contributed by atoms with Crippen molar-refractivity contribution in [1.29, 1.82) is 5.26 Å². The molecule has 0 amide bonds. The summed E-state index contributed by atoms with van der Waals surface area (Å²) in [6, 6.07) is 9.77. The standard InChI is InChI=1S/C12H8N4O/c1-7-14-12(16-17-7)11-9(6-13)8-4-2-3-5-10(8)15-11/h2-5,15H,1H3. The fourth-order valence-electron chi connectivity index (χ4n) is 1.83. The zero-order valence-corrected chi connectivity index (χ0v) is 9.06. The molecule has 0 radical (unpaired) electrons. The molecule has 0 unspecified atom stereocenters. The number of rotatable bonds is 1. The number of hydrogen-bond acceptors (Lipinski definition) is 4. The molecule has 0 saturated carbocycles. The maximum absolute atomic E-state index is 9.22. The summed E-state index contributed by atoms with van der Waals surface area (Å²) in [5.74, 6) is 0.887. The van der Waals surface area contributed by atoms with Gasteiger partial charge in [0.1, 0.15) is 11.8 Å². The van der Waals surface area contributed by atoms with Crippen LogP contribution in [-0.2, 0) is 0 Å². The number of aromatic nitrogens is 3. The summed E-state index contributed by atoms with van der Waals surface area (Å²) >= 11 is 0. The molecule has 2 heterocycles.